The predicted molar refractivity (Wildman–Crippen MR) is 118 cm³/mol. The minimum Gasteiger partial charge on any atom is -0.488 e. The Bertz CT molecular complexity index is 1370. The smallest absolute Gasteiger partial charge is 0.329 e. The van der Waals surface area contributed by atoms with Crippen molar-refractivity contribution in [2.24, 2.45) is 0 Å². The first-order valence-electron chi connectivity index (χ1n) is 9.96. The summed E-state index contributed by atoms with van der Waals surface area (Å²) in [5, 5.41) is 3.08. The average Bonchev–Trinajstić information content (AvgIpc) is 2.81. The molecule has 0 radical (unpaired) electrons. The van der Waals surface area contributed by atoms with E-state index in [9.17, 15) is 18.8 Å². The first-order valence-corrected chi connectivity index (χ1v) is 9.96. The molecule has 1 aromatic heterocycles. The van der Waals surface area contributed by atoms with E-state index in [0.29, 0.717) is 10.9 Å². The zero-order valence-electron chi connectivity index (χ0n) is 17.0. The SMILES string of the molecule is O=C(Cn1c(=O)[nH]c2ccccc2c1=O)NC(COc1ccccc1F)c1ccccc1. The lowest BCUT2D eigenvalue weighted by atomic mass is 10.1. The maximum absolute atomic E-state index is 13.9. The molecular formula is C24H20FN3O4. The number of hydrogen-bond acceptors (Lipinski definition) is 4. The molecule has 3 aromatic carbocycles. The number of H-pyrrole nitrogens is 1. The molecule has 0 bridgehead atoms. The molecule has 1 atom stereocenters. The van der Waals surface area contributed by atoms with Crippen molar-refractivity contribution in [1.29, 1.82) is 0 Å². The van der Waals surface area contributed by atoms with Crippen LogP contribution in [0, 0.1) is 5.82 Å². The highest BCUT2D eigenvalue weighted by atomic mass is 19.1. The van der Waals surface area contributed by atoms with Crippen LogP contribution in [-0.4, -0.2) is 22.1 Å². The molecule has 0 fully saturated rings. The number of carbonyl (C=O) groups is 1. The van der Waals surface area contributed by atoms with Crippen LogP contribution in [0.1, 0.15) is 11.6 Å². The molecule has 1 amide bonds. The number of benzene rings is 3. The van der Waals surface area contributed by atoms with E-state index in [1.54, 1.807) is 60.7 Å². The summed E-state index contributed by atoms with van der Waals surface area (Å²) in [5.74, 6) is -1.01. The number of fused-ring (bicyclic) bond motifs is 1. The van der Waals surface area contributed by atoms with Crippen molar-refractivity contribution in [2.45, 2.75) is 12.6 Å². The topological polar surface area (TPSA) is 93.2 Å². The van der Waals surface area contributed by atoms with Crippen molar-refractivity contribution in [1.82, 2.24) is 14.9 Å². The Morgan fingerprint density at radius 1 is 0.969 bits per heavy atom. The molecule has 8 heteroatoms. The van der Waals surface area contributed by atoms with Crippen LogP contribution in [0.25, 0.3) is 10.9 Å². The molecule has 1 heterocycles. The fourth-order valence-electron chi connectivity index (χ4n) is 3.37. The van der Waals surface area contributed by atoms with Crippen molar-refractivity contribution < 1.29 is 13.9 Å². The highest BCUT2D eigenvalue weighted by Crippen LogP contribution is 2.19. The van der Waals surface area contributed by atoms with Gasteiger partial charge in [-0.2, -0.15) is 0 Å². The number of para-hydroxylation sites is 2. The van der Waals surface area contributed by atoms with Gasteiger partial charge >= 0.3 is 5.69 Å². The van der Waals surface area contributed by atoms with E-state index in [4.69, 9.17) is 4.74 Å². The van der Waals surface area contributed by atoms with Gasteiger partial charge in [-0.3, -0.25) is 14.2 Å². The van der Waals surface area contributed by atoms with Crippen LogP contribution in [0.2, 0.25) is 0 Å². The number of ether oxygens (including phenoxy) is 1. The highest BCUT2D eigenvalue weighted by Gasteiger charge is 2.18. The first-order chi connectivity index (χ1) is 15.5. The second-order valence-electron chi connectivity index (χ2n) is 7.14. The molecule has 0 saturated carbocycles. The Hall–Kier alpha value is -4.20. The van der Waals surface area contributed by atoms with Gasteiger partial charge in [0.1, 0.15) is 13.2 Å². The molecule has 2 N–H and O–H groups in total. The fourth-order valence-corrected chi connectivity index (χ4v) is 3.37. The molecule has 162 valence electrons. The highest BCUT2D eigenvalue weighted by molar-refractivity contribution is 5.79. The summed E-state index contributed by atoms with van der Waals surface area (Å²) in [6, 6.07) is 21.0. The lowest BCUT2D eigenvalue weighted by molar-refractivity contribution is -0.122. The summed E-state index contributed by atoms with van der Waals surface area (Å²) >= 11 is 0. The molecule has 7 nitrogen and oxygen atoms in total. The van der Waals surface area contributed by atoms with Crippen LogP contribution in [0.4, 0.5) is 4.39 Å². The zero-order chi connectivity index (χ0) is 22.5. The second-order valence-corrected chi connectivity index (χ2v) is 7.14. The molecule has 0 aliphatic rings. The molecular weight excluding hydrogens is 413 g/mol. The van der Waals surface area contributed by atoms with Crippen LogP contribution in [0.3, 0.4) is 0 Å². The van der Waals surface area contributed by atoms with Crippen molar-refractivity contribution in [2.75, 3.05) is 6.61 Å². The summed E-state index contributed by atoms with van der Waals surface area (Å²) in [5.41, 5.74) is -0.0994. The van der Waals surface area contributed by atoms with Crippen LogP contribution in [0.5, 0.6) is 5.75 Å². The number of rotatable bonds is 7. The molecule has 0 saturated heterocycles. The minimum atomic E-state index is -0.678. The normalized spacial score (nSPS) is 11.8. The molecule has 0 spiro atoms. The van der Waals surface area contributed by atoms with Crippen LogP contribution in [-0.2, 0) is 11.3 Å². The first kappa shape index (κ1) is 21.0. The Morgan fingerprint density at radius 2 is 1.66 bits per heavy atom. The molecule has 4 rings (SSSR count). The van der Waals surface area contributed by atoms with Gasteiger partial charge in [0, 0.05) is 0 Å². The Morgan fingerprint density at radius 3 is 2.44 bits per heavy atom. The Kier molecular flexibility index (Phi) is 6.12. The maximum Gasteiger partial charge on any atom is 0.329 e. The molecule has 0 aliphatic carbocycles. The number of nitrogens with zero attached hydrogens (tertiary/aromatic N) is 1. The summed E-state index contributed by atoms with van der Waals surface area (Å²) in [4.78, 5) is 40.4. The number of hydrogen-bond donors (Lipinski definition) is 2. The van der Waals surface area contributed by atoms with Crippen molar-refractivity contribution >= 4 is 16.8 Å². The van der Waals surface area contributed by atoms with Crippen LogP contribution >= 0.6 is 0 Å². The third-order valence-corrected chi connectivity index (χ3v) is 4.97. The predicted octanol–water partition coefficient (Wildman–Crippen LogP) is 2.77. The van der Waals surface area contributed by atoms with E-state index in [1.165, 1.54) is 12.1 Å². The number of halogens is 1. The minimum absolute atomic E-state index is 0.0420. The van der Waals surface area contributed by atoms with Gasteiger partial charge in [-0.05, 0) is 29.8 Å². The van der Waals surface area contributed by atoms with Crippen molar-refractivity contribution in [3.8, 4) is 5.75 Å². The number of aromatic amines is 1. The standard InChI is InChI=1S/C24H20FN3O4/c25-18-11-5-7-13-21(18)32-15-20(16-8-2-1-3-9-16)26-22(29)14-28-23(30)17-10-4-6-12-19(17)27-24(28)31/h1-13,20H,14-15H2,(H,26,29)(H,27,31). The van der Waals surface area contributed by atoms with Gasteiger partial charge in [-0.25, -0.2) is 9.18 Å². The van der Waals surface area contributed by atoms with Gasteiger partial charge in [-0.15, -0.1) is 0 Å². The van der Waals surface area contributed by atoms with Gasteiger partial charge in [0.05, 0.1) is 16.9 Å². The van der Waals surface area contributed by atoms with Crippen molar-refractivity contribution in [3.05, 3.63) is 111 Å². The van der Waals surface area contributed by atoms with E-state index in [1.807, 2.05) is 6.07 Å². The number of amides is 1. The van der Waals surface area contributed by atoms with E-state index < -0.39 is 35.6 Å². The lowest BCUT2D eigenvalue weighted by Crippen LogP contribution is -2.42. The van der Waals surface area contributed by atoms with Crippen LogP contribution < -0.4 is 21.3 Å². The third kappa shape index (κ3) is 4.59. The molecule has 32 heavy (non-hydrogen) atoms. The fraction of sp³-hybridized carbons (Fsp3) is 0.125. The number of aromatic nitrogens is 2. The van der Waals surface area contributed by atoms with Gasteiger partial charge in [0.15, 0.2) is 11.6 Å². The monoisotopic (exact) mass is 433 g/mol. The summed E-state index contributed by atoms with van der Waals surface area (Å²) in [6.45, 7) is -0.512. The van der Waals surface area contributed by atoms with E-state index >= 15 is 0 Å². The summed E-state index contributed by atoms with van der Waals surface area (Å²) in [7, 11) is 0. The largest absolute Gasteiger partial charge is 0.488 e. The number of carbonyl (C=O) groups excluding carboxylic acids is 1. The molecule has 0 aliphatic heterocycles. The molecule has 1 unspecified atom stereocenters. The van der Waals surface area contributed by atoms with Gasteiger partial charge < -0.3 is 15.0 Å². The van der Waals surface area contributed by atoms with Gasteiger partial charge in [0.25, 0.3) is 5.56 Å². The van der Waals surface area contributed by atoms with Crippen LogP contribution in [0.15, 0.2) is 88.5 Å². The Labute approximate surface area is 182 Å². The number of nitrogens with one attached hydrogen (secondary N) is 2. The van der Waals surface area contributed by atoms with Crippen molar-refractivity contribution in [3.63, 3.8) is 0 Å². The Balaban J connectivity index is 1.55. The van der Waals surface area contributed by atoms with E-state index in [-0.39, 0.29) is 12.4 Å². The lowest BCUT2D eigenvalue weighted by Gasteiger charge is -2.20. The van der Waals surface area contributed by atoms with Gasteiger partial charge in [-0.1, -0.05) is 54.6 Å². The van der Waals surface area contributed by atoms with Gasteiger partial charge in [0.2, 0.25) is 5.91 Å². The van der Waals surface area contributed by atoms with E-state index in [2.05, 4.69) is 10.3 Å². The summed E-state index contributed by atoms with van der Waals surface area (Å²) in [6.07, 6.45) is 0. The zero-order valence-corrected chi connectivity index (χ0v) is 17.0. The molecule has 4 aromatic rings. The quantitative estimate of drug-likeness (QED) is 0.469. The third-order valence-electron chi connectivity index (χ3n) is 4.97. The van der Waals surface area contributed by atoms with E-state index in [0.717, 1.165) is 10.1 Å². The maximum atomic E-state index is 13.9. The average molecular weight is 433 g/mol. The summed E-state index contributed by atoms with van der Waals surface area (Å²) < 4.78 is 20.3. The second kappa shape index (κ2) is 9.30.